The molecule has 2 aromatic carbocycles. The lowest BCUT2D eigenvalue weighted by Gasteiger charge is -2.70. The number of ether oxygens (including phenoxy) is 2. The summed E-state index contributed by atoms with van der Waals surface area (Å²) in [7, 11) is 0. The van der Waals surface area contributed by atoms with Crippen molar-refractivity contribution in [1.29, 1.82) is 0 Å². The van der Waals surface area contributed by atoms with Crippen LogP contribution in [0.2, 0.25) is 5.02 Å². The van der Waals surface area contributed by atoms with Crippen molar-refractivity contribution in [2.75, 3.05) is 6.61 Å². The summed E-state index contributed by atoms with van der Waals surface area (Å²) in [6.07, 6.45) is 0.754. The van der Waals surface area contributed by atoms with Crippen LogP contribution in [0.4, 0.5) is 8.78 Å². The first-order chi connectivity index (χ1) is 16.2. The normalized spacial score (nSPS) is 27.5. The molecule has 3 aliphatic carbocycles. The van der Waals surface area contributed by atoms with Crippen LogP contribution in [-0.4, -0.2) is 46.5 Å². The Hall–Kier alpha value is -3.40. The summed E-state index contributed by atoms with van der Waals surface area (Å²) in [6, 6.07) is 7.71. The zero-order valence-electron chi connectivity index (χ0n) is 17.7. The molecule has 0 saturated heterocycles. The first-order valence-electron chi connectivity index (χ1n) is 10.6. The van der Waals surface area contributed by atoms with Gasteiger partial charge in [-0.05, 0) is 49.6 Å². The van der Waals surface area contributed by atoms with Crippen molar-refractivity contribution >= 4 is 29.1 Å². The second kappa shape index (κ2) is 8.12. The van der Waals surface area contributed by atoms with Gasteiger partial charge in [-0.25, -0.2) is 8.78 Å². The number of amides is 2. The second-order valence-corrected chi connectivity index (χ2v) is 9.40. The molecule has 11 heteroatoms. The van der Waals surface area contributed by atoms with Crippen molar-refractivity contribution < 1.29 is 33.1 Å². The Bertz CT molecular complexity index is 1200. The number of hydrogen-bond acceptors (Lipinski definition) is 6. The Balaban J connectivity index is 1.12. The standard InChI is InChI=1S/C23H20ClF2N3O5/c24-15-3-2-13(6-16(15)26)33-8-20(30)27-22-9-23(10-22,11-22)28-21(31)19-7-17(29-32)14-5-12(25)1-4-18(14)34-19/h1-6,19,32H,7-11H2,(H,27,30)(H,28,31)/b29-17+. The molecule has 8 nitrogen and oxygen atoms in total. The van der Waals surface area contributed by atoms with E-state index in [0.717, 1.165) is 6.07 Å². The minimum atomic E-state index is -0.920. The van der Waals surface area contributed by atoms with Gasteiger partial charge in [0.15, 0.2) is 12.7 Å². The fourth-order valence-corrected chi connectivity index (χ4v) is 5.11. The van der Waals surface area contributed by atoms with E-state index in [9.17, 15) is 23.6 Å². The maximum atomic E-state index is 13.5. The average Bonchev–Trinajstić information content (AvgIpc) is 2.76. The molecule has 3 N–H and O–H groups in total. The van der Waals surface area contributed by atoms with Crippen molar-refractivity contribution in [3.63, 3.8) is 0 Å². The zero-order valence-corrected chi connectivity index (χ0v) is 18.5. The molecule has 1 heterocycles. The van der Waals surface area contributed by atoms with Crippen molar-refractivity contribution in [1.82, 2.24) is 10.6 Å². The highest BCUT2D eigenvalue weighted by atomic mass is 35.5. The van der Waals surface area contributed by atoms with Gasteiger partial charge in [0, 0.05) is 29.1 Å². The molecule has 4 aliphatic rings. The molecule has 0 aromatic heterocycles. The maximum absolute atomic E-state index is 13.5. The van der Waals surface area contributed by atoms with E-state index in [4.69, 9.17) is 21.1 Å². The lowest BCUT2D eigenvalue weighted by atomic mass is 9.44. The van der Waals surface area contributed by atoms with Crippen LogP contribution in [-0.2, 0) is 9.59 Å². The molecule has 1 unspecified atom stereocenters. The fraction of sp³-hybridized carbons (Fsp3) is 0.348. The van der Waals surface area contributed by atoms with Crippen LogP contribution in [0.1, 0.15) is 31.2 Å². The topological polar surface area (TPSA) is 109 Å². The summed E-state index contributed by atoms with van der Waals surface area (Å²) in [5.74, 6) is -1.39. The zero-order chi connectivity index (χ0) is 24.1. The molecule has 1 atom stereocenters. The highest BCUT2D eigenvalue weighted by Gasteiger charge is 2.69. The van der Waals surface area contributed by atoms with E-state index in [-0.39, 0.29) is 47.1 Å². The number of halogens is 3. The Morgan fingerprint density at radius 2 is 1.88 bits per heavy atom. The van der Waals surface area contributed by atoms with E-state index in [1.165, 1.54) is 30.3 Å². The van der Waals surface area contributed by atoms with E-state index in [2.05, 4.69) is 15.8 Å². The predicted molar refractivity (Wildman–Crippen MR) is 116 cm³/mol. The monoisotopic (exact) mass is 491 g/mol. The molecule has 0 radical (unpaired) electrons. The Morgan fingerprint density at radius 3 is 2.59 bits per heavy atom. The summed E-state index contributed by atoms with van der Waals surface area (Å²) >= 11 is 5.63. The molecule has 2 amide bonds. The second-order valence-electron chi connectivity index (χ2n) is 8.99. The minimum Gasteiger partial charge on any atom is -0.484 e. The molecule has 3 fully saturated rings. The number of fused-ring (bicyclic) bond motifs is 1. The number of nitrogens with one attached hydrogen (secondary N) is 2. The largest absolute Gasteiger partial charge is 0.484 e. The van der Waals surface area contributed by atoms with Gasteiger partial charge in [-0.3, -0.25) is 9.59 Å². The Labute approximate surface area is 197 Å². The molecule has 2 aromatic rings. The summed E-state index contributed by atoms with van der Waals surface area (Å²) in [6.45, 7) is -0.276. The molecule has 34 heavy (non-hydrogen) atoms. The maximum Gasteiger partial charge on any atom is 0.261 e. The van der Waals surface area contributed by atoms with Gasteiger partial charge in [0.05, 0.1) is 10.7 Å². The molecule has 0 spiro atoms. The van der Waals surface area contributed by atoms with Crippen molar-refractivity contribution in [2.24, 2.45) is 5.16 Å². The SMILES string of the molecule is O=C(COc1ccc(Cl)c(F)c1)NC12CC(NC(=O)C3C/C(=N\O)c4cc(F)ccc4O3)(C1)C2. The van der Waals surface area contributed by atoms with Crippen molar-refractivity contribution in [3.8, 4) is 11.5 Å². The fourth-order valence-electron chi connectivity index (χ4n) is 4.99. The summed E-state index contributed by atoms with van der Waals surface area (Å²) in [5.41, 5.74) is -0.369. The van der Waals surface area contributed by atoms with Crippen LogP contribution in [0, 0.1) is 11.6 Å². The highest BCUT2D eigenvalue weighted by molar-refractivity contribution is 6.30. The Morgan fingerprint density at radius 1 is 1.15 bits per heavy atom. The van der Waals surface area contributed by atoms with Crippen LogP contribution in [0.5, 0.6) is 11.5 Å². The molecule has 2 bridgehead atoms. The molecule has 178 valence electrons. The van der Waals surface area contributed by atoms with Gasteiger partial charge in [0.25, 0.3) is 11.8 Å². The van der Waals surface area contributed by atoms with Gasteiger partial charge in [-0.1, -0.05) is 16.8 Å². The number of carbonyl (C=O) groups excluding carboxylic acids is 2. The summed E-state index contributed by atoms with van der Waals surface area (Å²) < 4.78 is 38.0. The van der Waals surface area contributed by atoms with Crippen molar-refractivity contribution in [3.05, 3.63) is 58.6 Å². The Kier molecular flexibility index (Phi) is 5.35. The lowest BCUT2D eigenvalue weighted by molar-refractivity contribution is -0.153. The molecule has 3 saturated carbocycles. The van der Waals surface area contributed by atoms with Crippen molar-refractivity contribution in [2.45, 2.75) is 42.9 Å². The number of nitrogens with zero attached hydrogens (tertiary/aromatic N) is 1. The van der Waals surface area contributed by atoms with Crippen LogP contribution in [0.15, 0.2) is 41.6 Å². The first-order valence-corrected chi connectivity index (χ1v) is 11.0. The number of oxime groups is 1. The minimum absolute atomic E-state index is 0.000618. The summed E-state index contributed by atoms with van der Waals surface area (Å²) in [5, 5.41) is 18.3. The molecular weight excluding hydrogens is 472 g/mol. The predicted octanol–water partition coefficient (Wildman–Crippen LogP) is 2.93. The molecule has 1 aliphatic heterocycles. The third-order valence-corrected chi connectivity index (χ3v) is 6.70. The average molecular weight is 492 g/mol. The molecular formula is C23H20ClF2N3O5. The number of rotatable bonds is 6. The van der Waals surface area contributed by atoms with Gasteiger partial charge >= 0.3 is 0 Å². The van der Waals surface area contributed by atoms with Gasteiger partial charge in [-0.15, -0.1) is 0 Å². The summed E-state index contributed by atoms with van der Waals surface area (Å²) in [4.78, 5) is 25.1. The van der Waals surface area contributed by atoms with Gasteiger partial charge in [0.2, 0.25) is 0 Å². The van der Waals surface area contributed by atoms with E-state index >= 15 is 0 Å². The van der Waals surface area contributed by atoms with Crippen LogP contribution >= 0.6 is 11.6 Å². The van der Waals surface area contributed by atoms with E-state index in [1.807, 2.05) is 0 Å². The quantitative estimate of drug-likeness (QED) is 0.425. The van der Waals surface area contributed by atoms with E-state index in [1.54, 1.807) is 0 Å². The smallest absolute Gasteiger partial charge is 0.261 e. The third-order valence-electron chi connectivity index (χ3n) is 6.40. The van der Waals surface area contributed by atoms with Gasteiger partial charge in [-0.2, -0.15) is 0 Å². The third kappa shape index (κ3) is 4.02. The number of hydrogen-bond donors (Lipinski definition) is 3. The number of carbonyl (C=O) groups is 2. The van der Waals surface area contributed by atoms with E-state index in [0.29, 0.717) is 24.8 Å². The number of benzene rings is 2. The first kappa shape index (κ1) is 22.4. The van der Waals surface area contributed by atoms with E-state index < -0.39 is 28.8 Å². The highest BCUT2D eigenvalue weighted by Crippen LogP contribution is 2.60. The molecule has 6 rings (SSSR count). The lowest BCUT2D eigenvalue weighted by Crippen LogP contribution is -2.84. The van der Waals surface area contributed by atoms with Crippen LogP contribution in [0.3, 0.4) is 0 Å². The van der Waals surface area contributed by atoms with Gasteiger partial charge in [0.1, 0.15) is 23.1 Å². The van der Waals surface area contributed by atoms with Gasteiger partial charge < -0.3 is 25.3 Å². The van der Waals surface area contributed by atoms with Crippen LogP contribution < -0.4 is 20.1 Å². The van der Waals surface area contributed by atoms with Crippen LogP contribution in [0.25, 0.3) is 0 Å².